The van der Waals surface area contributed by atoms with Crippen LogP contribution in [0.25, 0.3) is 0 Å². The smallest absolute Gasteiger partial charge is 0.131 e. The predicted molar refractivity (Wildman–Crippen MR) is 79.5 cm³/mol. The molecule has 0 amide bonds. The SMILES string of the molecule is CCCCNc1cc(NCCC2CCNC2)ncn1. The summed E-state index contributed by atoms with van der Waals surface area (Å²) in [6.45, 7) is 6.48. The maximum atomic E-state index is 4.25. The Kier molecular flexibility index (Phi) is 5.88. The molecule has 1 aliphatic rings. The number of aromatic nitrogens is 2. The van der Waals surface area contributed by atoms with E-state index < -0.39 is 0 Å². The molecule has 0 bridgehead atoms. The number of unbranched alkanes of at least 4 members (excludes halogenated alkanes) is 1. The Balaban J connectivity index is 1.71. The van der Waals surface area contributed by atoms with Crippen molar-refractivity contribution in [2.45, 2.75) is 32.6 Å². The Hall–Kier alpha value is -1.36. The highest BCUT2D eigenvalue weighted by atomic mass is 15.1. The molecule has 2 rings (SSSR count). The highest BCUT2D eigenvalue weighted by Crippen LogP contribution is 2.13. The summed E-state index contributed by atoms with van der Waals surface area (Å²) in [7, 11) is 0. The molecule has 1 atom stereocenters. The van der Waals surface area contributed by atoms with Crippen LogP contribution in [0.5, 0.6) is 0 Å². The first-order valence-electron chi connectivity index (χ1n) is 7.39. The van der Waals surface area contributed by atoms with E-state index >= 15 is 0 Å². The molecule has 1 unspecified atom stereocenters. The third kappa shape index (κ3) is 5.03. The van der Waals surface area contributed by atoms with Crippen molar-refractivity contribution in [3.05, 3.63) is 12.4 Å². The normalized spacial score (nSPS) is 18.5. The summed E-state index contributed by atoms with van der Waals surface area (Å²) in [4.78, 5) is 8.48. The summed E-state index contributed by atoms with van der Waals surface area (Å²) in [6.07, 6.45) is 6.48. The van der Waals surface area contributed by atoms with Crippen LogP contribution >= 0.6 is 0 Å². The first kappa shape index (κ1) is 14.1. The fourth-order valence-electron chi connectivity index (χ4n) is 2.31. The van der Waals surface area contributed by atoms with Crippen LogP contribution in [0.15, 0.2) is 12.4 Å². The summed E-state index contributed by atoms with van der Waals surface area (Å²) >= 11 is 0. The molecule has 106 valence electrons. The average Bonchev–Trinajstić information content (AvgIpc) is 2.93. The minimum atomic E-state index is 0.816. The third-order valence-corrected chi connectivity index (χ3v) is 3.52. The maximum absolute atomic E-state index is 4.25. The fraction of sp³-hybridized carbons (Fsp3) is 0.714. The van der Waals surface area contributed by atoms with E-state index in [0.717, 1.165) is 37.2 Å². The lowest BCUT2D eigenvalue weighted by molar-refractivity contribution is 0.549. The fourth-order valence-corrected chi connectivity index (χ4v) is 2.31. The molecule has 3 N–H and O–H groups in total. The minimum Gasteiger partial charge on any atom is -0.370 e. The van der Waals surface area contributed by atoms with Gasteiger partial charge in [0.1, 0.15) is 18.0 Å². The van der Waals surface area contributed by atoms with E-state index in [0.29, 0.717) is 0 Å². The van der Waals surface area contributed by atoms with E-state index in [-0.39, 0.29) is 0 Å². The summed E-state index contributed by atoms with van der Waals surface area (Å²) < 4.78 is 0. The molecular weight excluding hydrogens is 238 g/mol. The number of nitrogens with one attached hydrogen (secondary N) is 3. The van der Waals surface area contributed by atoms with Gasteiger partial charge in [-0.3, -0.25) is 0 Å². The van der Waals surface area contributed by atoms with Crippen LogP contribution in [0.4, 0.5) is 11.6 Å². The van der Waals surface area contributed by atoms with Gasteiger partial charge in [0.05, 0.1) is 0 Å². The Bertz CT molecular complexity index is 363. The second-order valence-corrected chi connectivity index (χ2v) is 5.14. The molecule has 5 nitrogen and oxygen atoms in total. The standard InChI is InChI=1S/C14H25N5/c1-2-3-6-16-13-9-14(19-11-18-13)17-8-5-12-4-7-15-10-12/h9,11-12,15H,2-8,10H2,1H3,(H2,16,17,18,19). The Morgan fingerprint density at radius 3 is 2.74 bits per heavy atom. The summed E-state index contributed by atoms with van der Waals surface area (Å²) in [6, 6.07) is 1.99. The monoisotopic (exact) mass is 263 g/mol. The van der Waals surface area contributed by atoms with Crippen LogP contribution in [0.1, 0.15) is 32.6 Å². The first-order chi connectivity index (χ1) is 9.38. The van der Waals surface area contributed by atoms with Gasteiger partial charge in [-0.2, -0.15) is 0 Å². The van der Waals surface area contributed by atoms with Crippen LogP contribution in [0.2, 0.25) is 0 Å². The molecular formula is C14H25N5. The first-order valence-corrected chi connectivity index (χ1v) is 7.39. The molecule has 0 aromatic carbocycles. The number of anilines is 2. The zero-order valence-electron chi connectivity index (χ0n) is 11.8. The molecule has 1 fully saturated rings. The van der Waals surface area contributed by atoms with Crippen molar-refractivity contribution >= 4 is 11.6 Å². The van der Waals surface area contributed by atoms with Gasteiger partial charge in [0, 0.05) is 19.2 Å². The largest absolute Gasteiger partial charge is 0.370 e. The molecule has 5 heteroatoms. The average molecular weight is 263 g/mol. The van der Waals surface area contributed by atoms with Gasteiger partial charge in [0.2, 0.25) is 0 Å². The van der Waals surface area contributed by atoms with Crippen LogP contribution in [0, 0.1) is 5.92 Å². The lowest BCUT2D eigenvalue weighted by atomic mass is 10.1. The van der Waals surface area contributed by atoms with Crippen molar-refractivity contribution in [3.63, 3.8) is 0 Å². The highest BCUT2D eigenvalue weighted by molar-refractivity contribution is 5.46. The van der Waals surface area contributed by atoms with Gasteiger partial charge in [-0.05, 0) is 38.3 Å². The second-order valence-electron chi connectivity index (χ2n) is 5.14. The van der Waals surface area contributed by atoms with E-state index in [1.807, 2.05) is 6.07 Å². The van der Waals surface area contributed by atoms with Gasteiger partial charge in [0.15, 0.2) is 0 Å². The van der Waals surface area contributed by atoms with Gasteiger partial charge >= 0.3 is 0 Å². The van der Waals surface area contributed by atoms with Crippen LogP contribution in [-0.4, -0.2) is 36.1 Å². The summed E-state index contributed by atoms with van der Waals surface area (Å²) in [5, 5.41) is 10.1. The van der Waals surface area contributed by atoms with E-state index in [2.05, 4.69) is 32.8 Å². The van der Waals surface area contributed by atoms with Gasteiger partial charge in [-0.25, -0.2) is 9.97 Å². The number of hydrogen-bond acceptors (Lipinski definition) is 5. The van der Waals surface area contributed by atoms with E-state index in [1.54, 1.807) is 6.33 Å². The van der Waals surface area contributed by atoms with Crippen LogP contribution in [0.3, 0.4) is 0 Å². The molecule has 0 spiro atoms. The number of rotatable bonds is 8. The van der Waals surface area contributed by atoms with Crippen molar-refractivity contribution in [2.75, 3.05) is 36.8 Å². The molecule has 0 aliphatic carbocycles. The third-order valence-electron chi connectivity index (χ3n) is 3.52. The summed E-state index contributed by atoms with van der Waals surface area (Å²) in [5.74, 6) is 2.64. The van der Waals surface area contributed by atoms with Crippen molar-refractivity contribution in [2.24, 2.45) is 5.92 Å². The zero-order chi connectivity index (χ0) is 13.3. The van der Waals surface area contributed by atoms with Crippen LogP contribution in [-0.2, 0) is 0 Å². The van der Waals surface area contributed by atoms with Crippen molar-refractivity contribution in [1.29, 1.82) is 0 Å². The van der Waals surface area contributed by atoms with Gasteiger partial charge < -0.3 is 16.0 Å². The Morgan fingerprint density at radius 2 is 2.05 bits per heavy atom. The molecule has 1 aromatic rings. The molecule has 1 aliphatic heterocycles. The van der Waals surface area contributed by atoms with E-state index in [4.69, 9.17) is 0 Å². The quantitative estimate of drug-likeness (QED) is 0.627. The molecule has 1 saturated heterocycles. The van der Waals surface area contributed by atoms with Crippen LogP contribution < -0.4 is 16.0 Å². The van der Waals surface area contributed by atoms with Gasteiger partial charge in [-0.1, -0.05) is 13.3 Å². The van der Waals surface area contributed by atoms with Crippen molar-refractivity contribution in [3.8, 4) is 0 Å². The topological polar surface area (TPSA) is 61.9 Å². The Labute approximate surface area is 115 Å². The van der Waals surface area contributed by atoms with Crippen molar-refractivity contribution < 1.29 is 0 Å². The predicted octanol–water partition coefficient (Wildman–Crippen LogP) is 2.10. The van der Waals surface area contributed by atoms with Crippen molar-refractivity contribution in [1.82, 2.24) is 15.3 Å². The number of hydrogen-bond donors (Lipinski definition) is 3. The van der Waals surface area contributed by atoms with E-state index in [1.165, 1.54) is 32.2 Å². The Morgan fingerprint density at radius 1 is 1.26 bits per heavy atom. The molecule has 0 radical (unpaired) electrons. The lowest BCUT2D eigenvalue weighted by Crippen LogP contribution is -2.13. The number of nitrogens with zero attached hydrogens (tertiary/aromatic N) is 2. The molecule has 0 saturated carbocycles. The lowest BCUT2D eigenvalue weighted by Gasteiger charge is -2.10. The van der Waals surface area contributed by atoms with Gasteiger partial charge in [-0.15, -0.1) is 0 Å². The van der Waals surface area contributed by atoms with Gasteiger partial charge in [0.25, 0.3) is 0 Å². The second kappa shape index (κ2) is 7.94. The maximum Gasteiger partial charge on any atom is 0.131 e. The van der Waals surface area contributed by atoms with E-state index in [9.17, 15) is 0 Å². The molecule has 19 heavy (non-hydrogen) atoms. The molecule has 2 heterocycles. The highest BCUT2D eigenvalue weighted by Gasteiger charge is 2.13. The minimum absolute atomic E-state index is 0.816. The molecule has 1 aromatic heterocycles. The summed E-state index contributed by atoms with van der Waals surface area (Å²) in [5.41, 5.74) is 0. The zero-order valence-corrected chi connectivity index (χ0v) is 11.8.